The summed E-state index contributed by atoms with van der Waals surface area (Å²) in [7, 11) is 0. The third-order valence-corrected chi connectivity index (χ3v) is 4.33. The average Bonchev–Trinajstić information content (AvgIpc) is 3.15. The molecule has 2 aromatic rings. The highest BCUT2D eigenvalue weighted by Crippen LogP contribution is 2.16. The van der Waals surface area contributed by atoms with Crippen molar-refractivity contribution in [2.75, 3.05) is 31.5 Å². The molecule has 1 saturated heterocycles. The van der Waals surface area contributed by atoms with Crippen molar-refractivity contribution in [1.29, 1.82) is 0 Å². The zero-order valence-corrected chi connectivity index (χ0v) is 14.4. The fraction of sp³-hybridized carbons (Fsp3) is 0.278. The van der Waals surface area contributed by atoms with Gasteiger partial charge in [0.25, 0.3) is 5.91 Å². The molecule has 1 aliphatic heterocycles. The summed E-state index contributed by atoms with van der Waals surface area (Å²) in [5.74, 6) is -0.377. The maximum absolute atomic E-state index is 12.4. The Bertz CT molecular complexity index is 824. The van der Waals surface area contributed by atoms with E-state index < -0.39 is 5.91 Å². The van der Waals surface area contributed by atoms with E-state index in [1.807, 2.05) is 0 Å². The van der Waals surface area contributed by atoms with E-state index in [0.29, 0.717) is 48.8 Å². The Balaban J connectivity index is 1.56. The molecule has 2 heterocycles. The van der Waals surface area contributed by atoms with Crippen molar-refractivity contribution in [1.82, 2.24) is 9.80 Å². The van der Waals surface area contributed by atoms with Crippen LogP contribution in [0.1, 0.15) is 26.5 Å². The first-order valence-electron chi connectivity index (χ1n) is 8.25. The Morgan fingerprint density at radius 1 is 1.08 bits per heavy atom. The number of urea groups is 1. The summed E-state index contributed by atoms with van der Waals surface area (Å²) in [6, 6.07) is 7.98. The van der Waals surface area contributed by atoms with Gasteiger partial charge in [0.2, 0.25) is 5.91 Å². The first-order chi connectivity index (χ1) is 12.5. The number of nitrogens with zero attached hydrogens (tertiary/aromatic N) is 2. The number of benzene rings is 1. The lowest BCUT2D eigenvalue weighted by Gasteiger charge is -2.34. The second kappa shape index (κ2) is 7.30. The number of piperazine rings is 1. The maximum Gasteiger partial charge on any atom is 0.321 e. The quantitative estimate of drug-likeness (QED) is 0.872. The van der Waals surface area contributed by atoms with Crippen LogP contribution >= 0.6 is 0 Å². The van der Waals surface area contributed by atoms with Gasteiger partial charge in [-0.1, -0.05) is 0 Å². The zero-order chi connectivity index (χ0) is 18.7. The summed E-state index contributed by atoms with van der Waals surface area (Å²) in [5, 5.41) is 2.80. The Hall–Kier alpha value is -3.29. The number of furan rings is 1. The normalized spacial score (nSPS) is 14.2. The number of nitrogens with one attached hydrogen (secondary N) is 1. The Labute approximate surface area is 150 Å². The highest BCUT2D eigenvalue weighted by Gasteiger charge is 2.26. The molecule has 0 aliphatic carbocycles. The van der Waals surface area contributed by atoms with Gasteiger partial charge in [-0.3, -0.25) is 9.59 Å². The SMILES string of the molecule is Cc1cc(NC(=O)N2CCN(C(=O)c3ccco3)CC2)ccc1C(N)=O. The van der Waals surface area contributed by atoms with Gasteiger partial charge in [-0.15, -0.1) is 0 Å². The number of carbonyl (C=O) groups excluding carboxylic acids is 3. The van der Waals surface area contributed by atoms with Crippen LogP contribution in [-0.2, 0) is 0 Å². The summed E-state index contributed by atoms with van der Waals surface area (Å²) < 4.78 is 5.12. The van der Waals surface area contributed by atoms with Crippen molar-refractivity contribution in [3.8, 4) is 0 Å². The van der Waals surface area contributed by atoms with Crippen LogP contribution < -0.4 is 11.1 Å². The molecule has 0 radical (unpaired) electrons. The minimum atomic E-state index is -0.502. The van der Waals surface area contributed by atoms with E-state index in [4.69, 9.17) is 10.2 Å². The van der Waals surface area contributed by atoms with E-state index in [1.54, 1.807) is 47.1 Å². The number of amides is 4. The fourth-order valence-electron chi connectivity index (χ4n) is 2.89. The van der Waals surface area contributed by atoms with E-state index >= 15 is 0 Å². The van der Waals surface area contributed by atoms with Gasteiger partial charge in [0.05, 0.1) is 6.26 Å². The Kier molecular flexibility index (Phi) is 4.92. The van der Waals surface area contributed by atoms with Gasteiger partial charge in [0, 0.05) is 37.4 Å². The molecule has 1 aromatic heterocycles. The minimum absolute atomic E-state index is 0.173. The van der Waals surface area contributed by atoms with E-state index in [2.05, 4.69) is 5.32 Å². The molecule has 1 aliphatic rings. The molecular weight excluding hydrogens is 336 g/mol. The molecule has 8 heteroatoms. The first-order valence-corrected chi connectivity index (χ1v) is 8.25. The third-order valence-electron chi connectivity index (χ3n) is 4.33. The molecule has 0 spiro atoms. The van der Waals surface area contributed by atoms with E-state index in [-0.39, 0.29) is 11.9 Å². The topological polar surface area (TPSA) is 109 Å². The standard InChI is InChI=1S/C18H20N4O4/c1-12-11-13(4-5-14(12)16(19)23)20-18(25)22-8-6-21(7-9-22)17(24)15-3-2-10-26-15/h2-5,10-11H,6-9H2,1H3,(H2,19,23)(H,20,25). The van der Waals surface area contributed by atoms with Crippen molar-refractivity contribution in [3.63, 3.8) is 0 Å². The third kappa shape index (κ3) is 3.69. The van der Waals surface area contributed by atoms with Crippen molar-refractivity contribution in [2.45, 2.75) is 6.92 Å². The van der Waals surface area contributed by atoms with Gasteiger partial charge in [0.15, 0.2) is 5.76 Å². The van der Waals surface area contributed by atoms with Gasteiger partial charge >= 0.3 is 6.03 Å². The van der Waals surface area contributed by atoms with Crippen LogP contribution in [-0.4, -0.2) is 53.8 Å². The highest BCUT2D eigenvalue weighted by atomic mass is 16.3. The van der Waals surface area contributed by atoms with Gasteiger partial charge in [0.1, 0.15) is 0 Å². The summed E-state index contributed by atoms with van der Waals surface area (Å²) >= 11 is 0. The molecule has 26 heavy (non-hydrogen) atoms. The molecule has 136 valence electrons. The van der Waals surface area contributed by atoms with Crippen LogP contribution in [0.5, 0.6) is 0 Å². The lowest BCUT2D eigenvalue weighted by atomic mass is 10.1. The van der Waals surface area contributed by atoms with Crippen LogP contribution in [0.3, 0.4) is 0 Å². The second-order valence-corrected chi connectivity index (χ2v) is 6.08. The van der Waals surface area contributed by atoms with Gasteiger partial charge < -0.3 is 25.3 Å². The molecule has 0 saturated carbocycles. The van der Waals surface area contributed by atoms with Crippen LogP contribution in [0, 0.1) is 6.92 Å². The summed E-state index contributed by atoms with van der Waals surface area (Å²) in [4.78, 5) is 39.2. The number of hydrogen-bond donors (Lipinski definition) is 2. The van der Waals surface area contributed by atoms with Crippen LogP contribution in [0.2, 0.25) is 0 Å². The molecule has 0 atom stereocenters. The first kappa shape index (κ1) is 17.5. The van der Waals surface area contributed by atoms with Crippen molar-refractivity contribution < 1.29 is 18.8 Å². The van der Waals surface area contributed by atoms with Crippen molar-refractivity contribution in [2.24, 2.45) is 5.73 Å². The fourth-order valence-corrected chi connectivity index (χ4v) is 2.89. The minimum Gasteiger partial charge on any atom is -0.459 e. The van der Waals surface area contributed by atoms with E-state index in [0.717, 1.165) is 0 Å². The number of aryl methyl sites for hydroxylation is 1. The Morgan fingerprint density at radius 3 is 2.35 bits per heavy atom. The number of carbonyl (C=O) groups is 3. The van der Waals surface area contributed by atoms with E-state index in [1.165, 1.54) is 6.26 Å². The summed E-state index contributed by atoms with van der Waals surface area (Å²) in [6.07, 6.45) is 1.46. The molecule has 3 rings (SSSR count). The largest absolute Gasteiger partial charge is 0.459 e. The second-order valence-electron chi connectivity index (χ2n) is 6.08. The van der Waals surface area contributed by atoms with Crippen LogP contribution in [0.15, 0.2) is 41.0 Å². The van der Waals surface area contributed by atoms with Crippen molar-refractivity contribution >= 4 is 23.5 Å². The molecule has 4 amide bonds. The lowest BCUT2D eigenvalue weighted by Crippen LogP contribution is -2.51. The average molecular weight is 356 g/mol. The zero-order valence-electron chi connectivity index (χ0n) is 14.4. The number of anilines is 1. The van der Waals surface area contributed by atoms with Crippen molar-refractivity contribution in [3.05, 3.63) is 53.5 Å². The van der Waals surface area contributed by atoms with E-state index in [9.17, 15) is 14.4 Å². The molecule has 1 fully saturated rings. The monoisotopic (exact) mass is 356 g/mol. The smallest absolute Gasteiger partial charge is 0.321 e. The molecule has 0 unspecified atom stereocenters. The number of rotatable bonds is 3. The predicted molar refractivity (Wildman–Crippen MR) is 94.9 cm³/mol. The molecule has 8 nitrogen and oxygen atoms in total. The number of nitrogens with two attached hydrogens (primary N) is 1. The van der Waals surface area contributed by atoms with Gasteiger partial charge in [-0.25, -0.2) is 4.79 Å². The van der Waals surface area contributed by atoms with Gasteiger partial charge in [-0.2, -0.15) is 0 Å². The highest BCUT2D eigenvalue weighted by molar-refractivity contribution is 5.96. The van der Waals surface area contributed by atoms with Crippen LogP contribution in [0.4, 0.5) is 10.5 Å². The number of hydrogen-bond acceptors (Lipinski definition) is 4. The number of primary amides is 1. The van der Waals surface area contributed by atoms with Crippen LogP contribution in [0.25, 0.3) is 0 Å². The Morgan fingerprint density at radius 2 is 1.77 bits per heavy atom. The summed E-state index contributed by atoms with van der Waals surface area (Å²) in [5.41, 5.74) is 6.99. The maximum atomic E-state index is 12.4. The molecule has 3 N–H and O–H groups in total. The summed E-state index contributed by atoms with van der Waals surface area (Å²) in [6.45, 7) is 3.49. The predicted octanol–water partition coefficient (Wildman–Crippen LogP) is 1.68. The van der Waals surface area contributed by atoms with Gasteiger partial charge in [-0.05, 0) is 42.8 Å². The molecule has 1 aromatic carbocycles. The molecule has 0 bridgehead atoms. The lowest BCUT2D eigenvalue weighted by molar-refractivity contribution is 0.0640. The molecular formula is C18H20N4O4.